The maximum Gasteiger partial charge on any atom is 0.236 e. The van der Waals surface area contributed by atoms with Crippen LogP contribution < -0.4 is 15.9 Å². The molecule has 0 radical (unpaired) electrons. The Kier molecular flexibility index (Phi) is 15.3. The van der Waals surface area contributed by atoms with Gasteiger partial charge >= 0.3 is 0 Å². The number of amides is 3. The molecule has 2 aliphatic rings. The lowest BCUT2D eigenvalue weighted by atomic mass is 9.79. The van der Waals surface area contributed by atoms with Gasteiger partial charge in [0.05, 0.1) is 23.5 Å². The molecule has 0 aromatic rings. The second-order valence-corrected chi connectivity index (χ2v) is 14.7. The fourth-order valence-corrected chi connectivity index (χ4v) is 7.33. The van der Waals surface area contributed by atoms with E-state index in [0.29, 0.717) is 38.9 Å². The first-order valence-electron chi connectivity index (χ1n) is 16.2. The van der Waals surface area contributed by atoms with Crippen LogP contribution in [0.4, 0.5) is 0 Å². The molecule has 0 heterocycles. The van der Waals surface area contributed by atoms with E-state index in [1.807, 2.05) is 20.8 Å². The number of carbonyl (C=O) groups is 3. The minimum atomic E-state index is -3.99. The molecule has 3 amide bonds. The lowest BCUT2D eigenvalue weighted by Gasteiger charge is -2.37. The summed E-state index contributed by atoms with van der Waals surface area (Å²) in [4.78, 5) is 41.3. The average Bonchev–Trinajstić information content (AvgIpc) is 2.96. The smallest absolute Gasteiger partial charge is 0.236 e. The molecule has 0 aromatic heterocycles. The van der Waals surface area contributed by atoms with E-state index < -0.39 is 45.2 Å². The zero-order valence-electron chi connectivity index (χ0n) is 26.8. The van der Waals surface area contributed by atoms with E-state index in [4.69, 9.17) is 5.14 Å². The van der Waals surface area contributed by atoms with Crippen molar-refractivity contribution in [3.8, 4) is 0 Å². The number of carbonyl (C=O) groups excluding carboxylic acids is 3. The van der Waals surface area contributed by atoms with Gasteiger partial charge in [0.1, 0.15) is 0 Å². The van der Waals surface area contributed by atoms with Crippen molar-refractivity contribution >= 4 is 27.7 Å². The van der Waals surface area contributed by atoms with Gasteiger partial charge in [0.25, 0.3) is 0 Å². The summed E-state index contributed by atoms with van der Waals surface area (Å²) in [5.41, 5.74) is 2.82. The van der Waals surface area contributed by atoms with E-state index in [9.17, 15) is 33.0 Å². The van der Waals surface area contributed by atoms with Gasteiger partial charge < -0.3 is 20.4 Å². The normalized spacial score (nSPS) is 26.1. The van der Waals surface area contributed by atoms with E-state index in [2.05, 4.69) is 10.7 Å². The second kappa shape index (κ2) is 17.6. The van der Waals surface area contributed by atoms with Crippen LogP contribution in [0.5, 0.6) is 0 Å². The predicted molar refractivity (Wildman–Crippen MR) is 166 cm³/mol. The minimum absolute atomic E-state index is 0.0139. The van der Waals surface area contributed by atoms with Gasteiger partial charge in [0.2, 0.25) is 27.7 Å². The Balaban J connectivity index is 2.26. The van der Waals surface area contributed by atoms with Crippen LogP contribution in [0.15, 0.2) is 0 Å². The summed E-state index contributed by atoms with van der Waals surface area (Å²) in [7, 11) is -3.99. The van der Waals surface area contributed by atoms with Crippen LogP contribution in [-0.2, 0) is 24.4 Å². The third kappa shape index (κ3) is 11.9. The molecule has 2 fully saturated rings. The molecule has 0 bridgehead atoms. The Bertz CT molecular complexity index is 997. The summed E-state index contributed by atoms with van der Waals surface area (Å²) in [5, 5.41) is 30.5. The van der Waals surface area contributed by atoms with Crippen molar-refractivity contribution in [1.29, 1.82) is 0 Å². The summed E-state index contributed by atoms with van der Waals surface area (Å²) in [6, 6.07) is -0.668. The molecule has 0 saturated heterocycles. The van der Waals surface area contributed by atoms with Gasteiger partial charge in [-0.25, -0.2) is 18.6 Å². The topological polar surface area (TPSA) is 182 Å². The van der Waals surface area contributed by atoms with Gasteiger partial charge in [-0.1, -0.05) is 34.6 Å². The van der Waals surface area contributed by atoms with Crippen LogP contribution in [0.3, 0.4) is 0 Å². The van der Waals surface area contributed by atoms with Crippen molar-refractivity contribution in [2.45, 2.75) is 122 Å². The zero-order chi connectivity index (χ0) is 32.3. The molecule has 6 N–H and O–H groups in total. The number of nitrogens with one attached hydrogen (secondary N) is 2. The summed E-state index contributed by atoms with van der Waals surface area (Å²) in [5.74, 6) is -2.20. The fourth-order valence-electron chi connectivity index (χ4n) is 6.33. The summed E-state index contributed by atoms with van der Waals surface area (Å²) in [6.45, 7) is 11.0. The number of hydrazine groups is 1. The molecule has 2 rings (SSSR count). The molecule has 13 heteroatoms. The molecular weight excluding hydrogens is 574 g/mol. The van der Waals surface area contributed by atoms with Crippen molar-refractivity contribution in [2.75, 3.05) is 26.2 Å². The van der Waals surface area contributed by atoms with E-state index in [0.717, 1.165) is 25.7 Å². The van der Waals surface area contributed by atoms with Crippen molar-refractivity contribution in [3.05, 3.63) is 0 Å². The van der Waals surface area contributed by atoms with Crippen molar-refractivity contribution in [3.63, 3.8) is 0 Å². The van der Waals surface area contributed by atoms with Crippen molar-refractivity contribution in [1.82, 2.24) is 20.7 Å². The number of hydrogen-bond donors (Lipinski definition) is 5. The average molecular weight is 632 g/mol. The van der Waals surface area contributed by atoms with Crippen LogP contribution in [0.25, 0.3) is 0 Å². The van der Waals surface area contributed by atoms with Crippen LogP contribution >= 0.6 is 0 Å². The van der Waals surface area contributed by atoms with Crippen LogP contribution in [0, 0.1) is 23.7 Å². The third-order valence-electron chi connectivity index (χ3n) is 8.92. The molecule has 5 unspecified atom stereocenters. The van der Waals surface area contributed by atoms with E-state index in [1.54, 1.807) is 23.8 Å². The summed E-state index contributed by atoms with van der Waals surface area (Å²) >= 11 is 0. The predicted octanol–water partition coefficient (Wildman–Crippen LogP) is 1.50. The number of rotatable bonds is 16. The fraction of sp³-hybridized carbons (Fsp3) is 0.900. The molecule has 5 atom stereocenters. The Morgan fingerprint density at radius 3 is 2.05 bits per heavy atom. The summed E-state index contributed by atoms with van der Waals surface area (Å²) < 4.78 is 24.9. The number of hydrogen-bond acceptors (Lipinski definition) is 8. The molecule has 0 aliphatic heterocycles. The molecule has 43 heavy (non-hydrogen) atoms. The van der Waals surface area contributed by atoms with Gasteiger partial charge in [-0.15, -0.1) is 0 Å². The number of aliphatic hydroxyl groups excluding tert-OH is 2. The maximum absolute atomic E-state index is 13.8. The van der Waals surface area contributed by atoms with Gasteiger partial charge in [-0.3, -0.25) is 19.8 Å². The van der Waals surface area contributed by atoms with Gasteiger partial charge in [0, 0.05) is 43.9 Å². The van der Waals surface area contributed by atoms with E-state index in [-0.39, 0.29) is 55.6 Å². The van der Waals surface area contributed by atoms with Crippen molar-refractivity contribution in [2.24, 2.45) is 28.8 Å². The van der Waals surface area contributed by atoms with Crippen molar-refractivity contribution < 1.29 is 33.0 Å². The number of likely N-dealkylation sites (N-methyl/N-ethyl adjacent to an activating group) is 1. The third-order valence-corrected chi connectivity index (χ3v) is 10.2. The monoisotopic (exact) mass is 631 g/mol. The van der Waals surface area contributed by atoms with Gasteiger partial charge in [-0.2, -0.15) is 0 Å². The lowest BCUT2D eigenvalue weighted by Crippen LogP contribution is -2.55. The SMILES string of the molecule is CCCN(CCC)C(=O)C1CC(C(=O)NC(CC2CCC(O)CC2)C(O)CN(CC)NC(=O)C(C)C)CC(S(N)(=O)=O)C1. The largest absolute Gasteiger partial charge is 0.393 e. The van der Waals surface area contributed by atoms with E-state index >= 15 is 0 Å². The first-order chi connectivity index (χ1) is 20.2. The Morgan fingerprint density at radius 2 is 1.53 bits per heavy atom. The molecule has 2 aliphatic carbocycles. The molecule has 2 saturated carbocycles. The highest BCUT2D eigenvalue weighted by Crippen LogP contribution is 2.35. The van der Waals surface area contributed by atoms with Gasteiger partial charge in [0.15, 0.2) is 0 Å². The number of primary sulfonamides is 1. The Morgan fingerprint density at radius 1 is 0.953 bits per heavy atom. The van der Waals surface area contributed by atoms with Gasteiger partial charge in [-0.05, 0) is 70.1 Å². The minimum Gasteiger partial charge on any atom is -0.393 e. The maximum atomic E-state index is 13.8. The molecule has 0 aromatic carbocycles. The molecule has 250 valence electrons. The Hall–Kier alpha value is -1.80. The van der Waals surface area contributed by atoms with Crippen LogP contribution in [0.2, 0.25) is 0 Å². The number of sulfonamides is 1. The highest BCUT2D eigenvalue weighted by Gasteiger charge is 2.42. The standard InChI is InChI=1S/C30H57N5O7S/c1-6-13-34(14-7-2)30(40)23-16-22(17-25(18-23)43(31,41)42)29(39)32-26(15-21-9-11-24(36)12-10-21)27(37)19-35(8-3)33-28(38)20(4)5/h20-27,36-37H,6-19H2,1-5H3,(H,32,39)(H,33,38)(H2,31,41,42). The quantitative estimate of drug-likeness (QED) is 0.159. The molecule has 0 spiro atoms. The molecule has 12 nitrogen and oxygen atoms in total. The molecular formula is C30H57N5O7S. The first kappa shape index (κ1) is 37.4. The Labute approximate surface area is 258 Å². The van der Waals surface area contributed by atoms with Crippen LogP contribution in [0.1, 0.15) is 98.8 Å². The second-order valence-electron chi connectivity index (χ2n) is 12.9. The summed E-state index contributed by atoms with van der Waals surface area (Å²) in [6.07, 6.45) is 3.79. The highest BCUT2D eigenvalue weighted by atomic mass is 32.2. The number of nitrogens with zero attached hydrogens (tertiary/aromatic N) is 2. The van der Waals surface area contributed by atoms with E-state index in [1.165, 1.54) is 0 Å². The zero-order valence-corrected chi connectivity index (χ0v) is 27.7. The lowest BCUT2D eigenvalue weighted by molar-refractivity contribution is -0.139. The highest BCUT2D eigenvalue weighted by molar-refractivity contribution is 7.89. The van der Waals surface area contributed by atoms with Crippen LogP contribution in [-0.4, -0.2) is 95.9 Å². The first-order valence-corrected chi connectivity index (χ1v) is 17.8. The number of aliphatic hydroxyl groups is 2. The number of nitrogens with two attached hydrogens (primary N) is 1.